The molecule has 1 spiro atoms. The first-order chi connectivity index (χ1) is 8.89. The van der Waals surface area contributed by atoms with Gasteiger partial charge in [-0.05, 0) is 61.8 Å². The van der Waals surface area contributed by atoms with Gasteiger partial charge in [-0.3, -0.25) is 0 Å². The summed E-state index contributed by atoms with van der Waals surface area (Å²) < 4.78 is 6.40. The second-order valence-electron chi connectivity index (χ2n) is 6.48. The first-order valence-electron chi connectivity index (χ1n) is 7.42. The zero-order chi connectivity index (χ0) is 11.7. The summed E-state index contributed by atoms with van der Waals surface area (Å²) >= 11 is 0. The summed E-state index contributed by atoms with van der Waals surface area (Å²) in [6.45, 7) is 1.17. The van der Waals surface area contributed by atoms with E-state index in [9.17, 15) is 0 Å². The molecule has 0 aromatic heterocycles. The maximum atomic E-state index is 6.40. The van der Waals surface area contributed by atoms with E-state index in [1.165, 1.54) is 50.0 Å². The molecule has 2 fully saturated rings. The third kappa shape index (κ3) is 0.934. The molecule has 1 aromatic carbocycles. The molecule has 2 heteroatoms. The monoisotopic (exact) mass is 241 g/mol. The molecule has 2 aliphatic carbocycles. The maximum Gasteiger partial charge on any atom is 0.123 e. The minimum absolute atomic E-state index is 0.357. The minimum atomic E-state index is 0.357. The third-order valence-corrected chi connectivity index (χ3v) is 5.98. The van der Waals surface area contributed by atoms with Crippen LogP contribution in [0.3, 0.4) is 0 Å². The van der Waals surface area contributed by atoms with Crippen LogP contribution in [0.2, 0.25) is 0 Å². The van der Waals surface area contributed by atoms with Gasteiger partial charge in [0, 0.05) is 11.5 Å². The lowest BCUT2D eigenvalue weighted by atomic mass is 9.50. The van der Waals surface area contributed by atoms with Gasteiger partial charge in [-0.1, -0.05) is 12.1 Å². The molecule has 0 amide bonds. The molecule has 5 rings (SSSR count). The lowest BCUT2D eigenvalue weighted by Crippen LogP contribution is -2.66. The molecule has 2 heterocycles. The predicted molar refractivity (Wildman–Crippen MR) is 70.0 cm³/mol. The molecule has 1 N–H and O–H groups in total. The van der Waals surface area contributed by atoms with E-state index in [0.29, 0.717) is 17.6 Å². The first kappa shape index (κ1) is 9.85. The second-order valence-corrected chi connectivity index (χ2v) is 6.48. The Labute approximate surface area is 108 Å². The third-order valence-electron chi connectivity index (χ3n) is 5.98. The van der Waals surface area contributed by atoms with Gasteiger partial charge >= 0.3 is 0 Å². The van der Waals surface area contributed by atoms with E-state index in [1.54, 1.807) is 5.56 Å². The van der Waals surface area contributed by atoms with E-state index >= 15 is 0 Å². The molecular weight excluding hydrogens is 222 g/mol. The van der Waals surface area contributed by atoms with Gasteiger partial charge in [0.25, 0.3) is 0 Å². The molecule has 2 nitrogen and oxygen atoms in total. The van der Waals surface area contributed by atoms with Gasteiger partial charge in [-0.15, -0.1) is 0 Å². The number of benzene rings is 1. The maximum absolute atomic E-state index is 6.40. The van der Waals surface area contributed by atoms with Crippen LogP contribution in [0, 0.1) is 5.92 Å². The van der Waals surface area contributed by atoms with Crippen molar-refractivity contribution in [1.29, 1.82) is 0 Å². The number of ether oxygens (including phenoxy) is 1. The van der Waals surface area contributed by atoms with Gasteiger partial charge in [0.15, 0.2) is 0 Å². The summed E-state index contributed by atoms with van der Waals surface area (Å²) in [7, 11) is 0. The van der Waals surface area contributed by atoms with E-state index in [0.717, 1.165) is 5.92 Å². The van der Waals surface area contributed by atoms with E-state index in [-0.39, 0.29) is 0 Å². The zero-order valence-corrected chi connectivity index (χ0v) is 10.6. The summed E-state index contributed by atoms with van der Waals surface area (Å²) in [6, 6.07) is 7.48. The Hall–Kier alpha value is -1.02. The largest absolute Gasteiger partial charge is 0.489 e. The van der Waals surface area contributed by atoms with Crippen LogP contribution in [0.1, 0.15) is 36.8 Å². The summed E-state index contributed by atoms with van der Waals surface area (Å²) in [6.07, 6.45) is 6.90. The van der Waals surface area contributed by atoms with Crippen LogP contribution in [-0.2, 0) is 11.8 Å². The lowest BCUT2D eigenvalue weighted by Gasteiger charge is -2.61. The smallest absolute Gasteiger partial charge is 0.123 e. The average Bonchev–Trinajstić information content (AvgIpc) is 2.39. The van der Waals surface area contributed by atoms with Crippen molar-refractivity contribution < 1.29 is 4.74 Å². The molecule has 4 aliphatic rings. The van der Waals surface area contributed by atoms with E-state index in [2.05, 4.69) is 23.5 Å². The van der Waals surface area contributed by atoms with Crippen molar-refractivity contribution in [1.82, 2.24) is 5.32 Å². The van der Waals surface area contributed by atoms with E-state index < -0.39 is 0 Å². The van der Waals surface area contributed by atoms with Crippen molar-refractivity contribution >= 4 is 0 Å². The Morgan fingerprint density at radius 2 is 2.28 bits per heavy atom. The number of hydrogen-bond acceptors (Lipinski definition) is 2. The summed E-state index contributed by atoms with van der Waals surface area (Å²) in [5.74, 6) is 2.00. The number of piperidine rings is 1. The quantitative estimate of drug-likeness (QED) is 0.753. The van der Waals surface area contributed by atoms with Gasteiger partial charge in [-0.2, -0.15) is 0 Å². The Kier molecular flexibility index (Phi) is 1.70. The first-order valence-corrected chi connectivity index (χ1v) is 7.42. The van der Waals surface area contributed by atoms with E-state index in [4.69, 9.17) is 4.74 Å². The van der Waals surface area contributed by atoms with Crippen molar-refractivity contribution in [3.05, 3.63) is 29.3 Å². The fraction of sp³-hybridized carbons (Fsp3) is 0.625. The lowest BCUT2D eigenvalue weighted by molar-refractivity contribution is -0.0396. The summed E-state index contributed by atoms with van der Waals surface area (Å²) in [4.78, 5) is 0. The van der Waals surface area contributed by atoms with Gasteiger partial charge < -0.3 is 10.1 Å². The van der Waals surface area contributed by atoms with Gasteiger partial charge in [0.2, 0.25) is 0 Å². The molecular formula is C16H19NO. The fourth-order valence-corrected chi connectivity index (χ4v) is 5.37. The highest BCUT2D eigenvalue weighted by Gasteiger charge is 2.59. The highest BCUT2D eigenvalue weighted by atomic mass is 16.5. The van der Waals surface area contributed by atoms with Crippen molar-refractivity contribution in [2.45, 2.75) is 49.7 Å². The summed E-state index contributed by atoms with van der Waals surface area (Å²) in [5, 5.41) is 3.78. The highest BCUT2D eigenvalue weighted by molar-refractivity contribution is 5.52. The van der Waals surface area contributed by atoms with Crippen LogP contribution >= 0.6 is 0 Å². The fourth-order valence-electron chi connectivity index (χ4n) is 5.37. The Morgan fingerprint density at radius 1 is 1.28 bits per heavy atom. The number of rotatable bonds is 0. The number of hydrogen-bond donors (Lipinski definition) is 1. The highest BCUT2D eigenvalue weighted by Crippen LogP contribution is 2.58. The van der Waals surface area contributed by atoms with Crippen LogP contribution in [-0.4, -0.2) is 18.7 Å². The topological polar surface area (TPSA) is 21.3 Å². The van der Waals surface area contributed by atoms with Crippen molar-refractivity contribution in [3.8, 4) is 5.75 Å². The molecule has 94 valence electrons. The van der Waals surface area contributed by atoms with Gasteiger partial charge in [0.05, 0.1) is 0 Å². The van der Waals surface area contributed by atoms with Crippen molar-refractivity contribution in [2.75, 3.05) is 6.54 Å². The molecule has 18 heavy (non-hydrogen) atoms. The molecule has 1 saturated carbocycles. The van der Waals surface area contributed by atoms with Crippen LogP contribution in [0.5, 0.6) is 5.75 Å². The summed E-state index contributed by atoms with van der Waals surface area (Å²) in [5.41, 5.74) is 3.53. The van der Waals surface area contributed by atoms with Crippen molar-refractivity contribution in [3.63, 3.8) is 0 Å². The minimum Gasteiger partial charge on any atom is -0.489 e. The molecule has 2 unspecified atom stereocenters. The van der Waals surface area contributed by atoms with Crippen LogP contribution in [0.4, 0.5) is 0 Å². The molecule has 1 aromatic rings. The normalized spacial score (nSPS) is 43.2. The second kappa shape index (κ2) is 3.11. The van der Waals surface area contributed by atoms with Crippen molar-refractivity contribution in [2.24, 2.45) is 5.92 Å². The molecule has 1 saturated heterocycles. The number of nitrogens with one attached hydrogen (secondary N) is 1. The molecule has 4 atom stereocenters. The van der Waals surface area contributed by atoms with Crippen LogP contribution in [0.15, 0.2) is 18.2 Å². The standard InChI is InChI=1S/C16H19NO/c1-3-11-10-9-13-12-4-2-6-15(18-14(10)5-1)16(11,12)7-8-17-13/h1,3,5,12-13,15,17H,2,4,6-9H2/t12-,13+,15?,16?/m0/s1. The molecule has 2 aliphatic heterocycles. The zero-order valence-electron chi connectivity index (χ0n) is 10.6. The van der Waals surface area contributed by atoms with Gasteiger partial charge in [0.1, 0.15) is 11.9 Å². The van der Waals surface area contributed by atoms with Gasteiger partial charge in [-0.25, -0.2) is 0 Å². The Balaban J connectivity index is 1.84. The Bertz CT molecular complexity index is 526. The Morgan fingerprint density at radius 3 is 3.28 bits per heavy atom. The predicted octanol–water partition coefficient (Wildman–Crippen LogP) is 2.40. The average molecular weight is 241 g/mol. The van der Waals surface area contributed by atoms with Crippen LogP contribution in [0.25, 0.3) is 0 Å². The SMILES string of the molecule is c1cc2c3c(c1)C14CCN[C@H](C3)[C@@H]1CCCC4O2. The van der Waals surface area contributed by atoms with Crippen LogP contribution < -0.4 is 10.1 Å². The van der Waals surface area contributed by atoms with E-state index in [1.807, 2.05) is 0 Å². The molecule has 5 bridgehead atoms. The molecule has 0 radical (unpaired) electrons.